The molecule has 0 aromatic carbocycles. The van der Waals surface area contributed by atoms with E-state index in [2.05, 4.69) is 28.7 Å². The molecule has 0 amide bonds. The number of imidazole rings is 1. The molecule has 0 aliphatic rings. The molecular formula is C12H23N3O2. The lowest BCUT2D eigenvalue weighted by Gasteiger charge is -2.25. The van der Waals surface area contributed by atoms with E-state index in [0.29, 0.717) is 0 Å². The molecule has 17 heavy (non-hydrogen) atoms. The first kappa shape index (κ1) is 14.2. The average Bonchev–Trinajstić information content (AvgIpc) is 2.78. The van der Waals surface area contributed by atoms with Crippen LogP contribution >= 0.6 is 0 Å². The fourth-order valence-electron chi connectivity index (χ4n) is 1.93. The Morgan fingerprint density at radius 1 is 1.35 bits per heavy atom. The molecule has 0 saturated heterocycles. The normalized spacial score (nSPS) is 13.2. The van der Waals surface area contributed by atoms with E-state index < -0.39 is 0 Å². The van der Waals surface area contributed by atoms with E-state index in [1.165, 1.54) is 0 Å². The molecule has 0 bridgehead atoms. The number of hydrogen-bond acceptors (Lipinski definition) is 4. The molecule has 0 fully saturated rings. The first-order valence-corrected chi connectivity index (χ1v) is 6.08. The highest BCUT2D eigenvalue weighted by Gasteiger charge is 2.25. The predicted octanol–water partition coefficient (Wildman–Crippen LogP) is 1.56. The van der Waals surface area contributed by atoms with Crippen LogP contribution in [0.1, 0.15) is 32.1 Å². The summed E-state index contributed by atoms with van der Waals surface area (Å²) in [5.41, 5.74) is 0. The molecule has 1 atom stereocenters. The van der Waals surface area contributed by atoms with E-state index in [-0.39, 0.29) is 12.3 Å². The largest absolute Gasteiger partial charge is 0.354 e. The van der Waals surface area contributed by atoms with Crippen LogP contribution in [-0.2, 0) is 16.0 Å². The molecule has 5 nitrogen and oxygen atoms in total. The second-order valence-corrected chi connectivity index (χ2v) is 3.85. The first-order valence-electron chi connectivity index (χ1n) is 6.08. The van der Waals surface area contributed by atoms with E-state index >= 15 is 0 Å². The van der Waals surface area contributed by atoms with Crippen LogP contribution in [0.15, 0.2) is 12.4 Å². The van der Waals surface area contributed by atoms with Crippen LogP contribution in [0.2, 0.25) is 0 Å². The van der Waals surface area contributed by atoms with E-state index in [1.54, 1.807) is 14.2 Å². The maximum absolute atomic E-state index is 5.33. The molecule has 5 heteroatoms. The number of methoxy groups -OCH3 is 2. The lowest BCUT2D eigenvalue weighted by atomic mass is 10.2. The minimum atomic E-state index is -0.326. The summed E-state index contributed by atoms with van der Waals surface area (Å²) < 4.78 is 12.8. The Bertz CT molecular complexity index is 310. The topological polar surface area (TPSA) is 48.3 Å². The highest BCUT2D eigenvalue weighted by atomic mass is 16.7. The van der Waals surface area contributed by atoms with Crippen molar-refractivity contribution in [2.75, 3.05) is 20.8 Å². The second-order valence-electron chi connectivity index (χ2n) is 3.85. The van der Waals surface area contributed by atoms with Crippen LogP contribution in [0.25, 0.3) is 0 Å². The van der Waals surface area contributed by atoms with Gasteiger partial charge in [0, 0.05) is 33.2 Å². The third kappa shape index (κ3) is 3.52. The number of rotatable bonds is 8. The summed E-state index contributed by atoms with van der Waals surface area (Å²) in [4.78, 5) is 4.41. The Kier molecular flexibility index (Phi) is 6.18. The van der Waals surface area contributed by atoms with Crippen LogP contribution in [-0.4, -0.2) is 36.6 Å². The summed E-state index contributed by atoms with van der Waals surface area (Å²) in [6, 6.07) is -0.0449. The Labute approximate surface area is 103 Å². The van der Waals surface area contributed by atoms with Crippen molar-refractivity contribution in [3.05, 3.63) is 18.2 Å². The van der Waals surface area contributed by atoms with Crippen molar-refractivity contribution in [2.24, 2.45) is 0 Å². The van der Waals surface area contributed by atoms with E-state index in [9.17, 15) is 0 Å². The maximum atomic E-state index is 5.33. The van der Waals surface area contributed by atoms with Gasteiger partial charge < -0.3 is 19.4 Å². The zero-order valence-electron chi connectivity index (χ0n) is 11.1. The van der Waals surface area contributed by atoms with Gasteiger partial charge in [0.15, 0.2) is 6.29 Å². The minimum absolute atomic E-state index is 0.0449. The van der Waals surface area contributed by atoms with Gasteiger partial charge in [-0.1, -0.05) is 13.8 Å². The third-order valence-corrected chi connectivity index (χ3v) is 2.65. The summed E-state index contributed by atoms with van der Waals surface area (Å²) in [7, 11) is 3.29. The molecule has 98 valence electrons. The highest BCUT2D eigenvalue weighted by molar-refractivity contribution is 5.01. The van der Waals surface area contributed by atoms with Crippen LogP contribution < -0.4 is 5.32 Å². The number of nitrogens with zero attached hydrogens (tertiary/aromatic N) is 2. The fourth-order valence-corrected chi connectivity index (χ4v) is 1.93. The summed E-state index contributed by atoms with van der Waals surface area (Å²) >= 11 is 0. The number of aromatic nitrogens is 2. The van der Waals surface area contributed by atoms with Crippen molar-refractivity contribution >= 4 is 0 Å². The van der Waals surface area contributed by atoms with E-state index in [0.717, 1.165) is 25.3 Å². The SMILES string of the molecule is CCCn1ccnc1C(NCC)C(OC)OC. The Morgan fingerprint density at radius 2 is 2.06 bits per heavy atom. The molecule has 0 saturated carbocycles. The van der Waals surface area contributed by atoms with Gasteiger partial charge in [-0.3, -0.25) is 0 Å². The quantitative estimate of drug-likeness (QED) is 0.702. The number of nitrogens with one attached hydrogen (secondary N) is 1. The highest BCUT2D eigenvalue weighted by Crippen LogP contribution is 2.18. The van der Waals surface area contributed by atoms with E-state index in [4.69, 9.17) is 9.47 Å². The maximum Gasteiger partial charge on any atom is 0.179 e. The van der Waals surface area contributed by atoms with Gasteiger partial charge in [-0.15, -0.1) is 0 Å². The van der Waals surface area contributed by atoms with Gasteiger partial charge in [-0.2, -0.15) is 0 Å². The van der Waals surface area contributed by atoms with Gasteiger partial charge in [0.05, 0.1) is 0 Å². The summed E-state index contributed by atoms with van der Waals surface area (Å²) in [5.74, 6) is 0.961. The molecule has 1 N–H and O–H groups in total. The summed E-state index contributed by atoms with van der Waals surface area (Å²) in [5, 5.41) is 3.35. The minimum Gasteiger partial charge on any atom is -0.354 e. The lowest BCUT2D eigenvalue weighted by Crippen LogP contribution is -2.36. The summed E-state index contributed by atoms with van der Waals surface area (Å²) in [6.45, 7) is 6.00. The molecule has 0 aliphatic heterocycles. The van der Waals surface area contributed by atoms with Gasteiger partial charge >= 0.3 is 0 Å². The van der Waals surface area contributed by atoms with Gasteiger partial charge in [-0.05, 0) is 13.0 Å². The Balaban J connectivity index is 2.91. The third-order valence-electron chi connectivity index (χ3n) is 2.65. The average molecular weight is 241 g/mol. The van der Waals surface area contributed by atoms with Crippen molar-refractivity contribution in [3.8, 4) is 0 Å². The van der Waals surface area contributed by atoms with Crippen LogP contribution in [0, 0.1) is 0 Å². The molecular weight excluding hydrogens is 218 g/mol. The zero-order valence-corrected chi connectivity index (χ0v) is 11.1. The monoisotopic (exact) mass is 241 g/mol. The van der Waals surface area contributed by atoms with E-state index in [1.807, 2.05) is 12.4 Å². The van der Waals surface area contributed by atoms with Crippen LogP contribution in [0.4, 0.5) is 0 Å². The molecule has 1 heterocycles. The molecule has 1 aromatic heterocycles. The van der Waals surface area contributed by atoms with Crippen molar-refractivity contribution in [3.63, 3.8) is 0 Å². The molecule has 1 aromatic rings. The number of hydrogen-bond donors (Lipinski definition) is 1. The van der Waals surface area contributed by atoms with Crippen molar-refractivity contribution < 1.29 is 9.47 Å². The zero-order chi connectivity index (χ0) is 12.7. The Hall–Kier alpha value is -0.910. The molecule has 0 spiro atoms. The van der Waals surface area contributed by atoms with Crippen molar-refractivity contribution in [1.29, 1.82) is 0 Å². The Morgan fingerprint density at radius 3 is 2.59 bits per heavy atom. The molecule has 1 rings (SSSR count). The van der Waals surface area contributed by atoms with Crippen LogP contribution in [0.3, 0.4) is 0 Å². The summed E-state index contributed by atoms with van der Waals surface area (Å²) in [6.07, 6.45) is 4.56. The van der Waals surface area contributed by atoms with Crippen molar-refractivity contribution in [2.45, 2.75) is 39.1 Å². The lowest BCUT2D eigenvalue weighted by molar-refractivity contribution is -0.125. The number of ether oxygens (including phenoxy) is 2. The van der Waals surface area contributed by atoms with Gasteiger partial charge in [0.25, 0.3) is 0 Å². The fraction of sp³-hybridized carbons (Fsp3) is 0.750. The predicted molar refractivity (Wildman–Crippen MR) is 66.7 cm³/mol. The van der Waals surface area contributed by atoms with Gasteiger partial charge in [0.2, 0.25) is 0 Å². The van der Waals surface area contributed by atoms with Crippen molar-refractivity contribution in [1.82, 2.24) is 14.9 Å². The second kappa shape index (κ2) is 7.42. The van der Waals surface area contributed by atoms with Gasteiger partial charge in [-0.25, -0.2) is 4.98 Å². The molecule has 1 unspecified atom stereocenters. The smallest absolute Gasteiger partial charge is 0.179 e. The standard InChI is InChI=1S/C12H23N3O2/c1-5-8-15-9-7-14-11(15)10(13-6-2)12(16-3)17-4/h7,9-10,12-13H,5-6,8H2,1-4H3. The van der Waals surface area contributed by atoms with Crippen LogP contribution in [0.5, 0.6) is 0 Å². The first-order chi connectivity index (χ1) is 8.28. The number of likely N-dealkylation sites (N-methyl/N-ethyl adjacent to an activating group) is 1. The molecule has 0 radical (unpaired) electrons. The number of aryl methyl sites for hydroxylation is 1. The van der Waals surface area contributed by atoms with Gasteiger partial charge in [0.1, 0.15) is 11.9 Å². The molecule has 0 aliphatic carbocycles.